The van der Waals surface area contributed by atoms with Crippen LogP contribution in [0.4, 0.5) is 0 Å². The van der Waals surface area contributed by atoms with Crippen LogP contribution in [0.1, 0.15) is 32.4 Å². The van der Waals surface area contributed by atoms with Crippen molar-refractivity contribution in [2.45, 2.75) is 32.9 Å². The van der Waals surface area contributed by atoms with E-state index < -0.39 is 6.10 Å². The monoisotopic (exact) mass is 193 g/mol. The highest BCUT2D eigenvalue weighted by Crippen LogP contribution is 2.28. The fraction of sp³-hybridized carbons (Fsp3) is 0.500. The van der Waals surface area contributed by atoms with Crippen LogP contribution in [-0.2, 0) is 0 Å². The molecule has 0 aliphatic carbocycles. The summed E-state index contributed by atoms with van der Waals surface area (Å²) in [4.78, 5) is 0. The van der Waals surface area contributed by atoms with E-state index in [-0.39, 0.29) is 11.5 Å². The van der Waals surface area contributed by atoms with E-state index >= 15 is 0 Å². The van der Waals surface area contributed by atoms with E-state index in [4.69, 9.17) is 5.73 Å². The predicted octanol–water partition coefficient (Wildman–Crippen LogP) is 2.09. The quantitative estimate of drug-likeness (QED) is 0.755. The summed E-state index contributed by atoms with van der Waals surface area (Å²) >= 11 is 0. The summed E-state index contributed by atoms with van der Waals surface area (Å²) in [5.74, 6) is 0. The molecule has 78 valence electrons. The molecule has 1 aromatic rings. The van der Waals surface area contributed by atoms with Crippen LogP contribution in [-0.4, -0.2) is 11.2 Å². The van der Waals surface area contributed by atoms with Crippen LogP contribution in [0.5, 0.6) is 0 Å². The van der Waals surface area contributed by atoms with Gasteiger partial charge in [0.05, 0.1) is 12.1 Å². The fourth-order valence-electron chi connectivity index (χ4n) is 1.40. The Kier molecular flexibility index (Phi) is 3.29. The lowest BCUT2D eigenvalue weighted by Crippen LogP contribution is -2.36. The minimum absolute atomic E-state index is 0.185. The molecule has 0 aliphatic heterocycles. The van der Waals surface area contributed by atoms with E-state index in [9.17, 15) is 5.11 Å². The largest absolute Gasteiger partial charge is 0.391 e. The normalized spacial score (nSPS) is 16.4. The van der Waals surface area contributed by atoms with Crippen LogP contribution >= 0.6 is 0 Å². The highest BCUT2D eigenvalue weighted by Gasteiger charge is 2.28. The lowest BCUT2D eigenvalue weighted by atomic mass is 9.82. The third-order valence-electron chi connectivity index (χ3n) is 2.41. The first-order valence-electron chi connectivity index (χ1n) is 4.91. The molecule has 2 heteroatoms. The molecule has 0 radical (unpaired) electrons. The molecule has 1 rings (SSSR count). The van der Waals surface area contributed by atoms with E-state index in [1.54, 1.807) is 0 Å². The van der Waals surface area contributed by atoms with Crippen LogP contribution in [0.3, 0.4) is 0 Å². The summed E-state index contributed by atoms with van der Waals surface area (Å²) in [6.45, 7) is 5.96. The molecule has 0 fully saturated rings. The van der Waals surface area contributed by atoms with Gasteiger partial charge in [0.15, 0.2) is 0 Å². The SMILES string of the molecule is CC(C)(C)[C@H](O)[C@@H](N)c1ccccc1. The van der Waals surface area contributed by atoms with Gasteiger partial charge in [0.25, 0.3) is 0 Å². The lowest BCUT2D eigenvalue weighted by molar-refractivity contribution is 0.0401. The van der Waals surface area contributed by atoms with Gasteiger partial charge in [-0.3, -0.25) is 0 Å². The van der Waals surface area contributed by atoms with Gasteiger partial charge in [-0.1, -0.05) is 51.1 Å². The van der Waals surface area contributed by atoms with Gasteiger partial charge in [0.2, 0.25) is 0 Å². The maximum Gasteiger partial charge on any atom is 0.0780 e. The molecule has 1 aromatic carbocycles. The summed E-state index contributed by atoms with van der Waals surface area (Å²) < 4.78 is 0. The van der Waals surface area contributed by atoms with Gasteiger partial charge in [-0.15, -0.1) is 0 Å². The number of nitrogens with two attached hydrogens (primary N) is 1. The van der Waals surface area contributed by atoms with Crippen molar-refractivity contribution >= 4 is 0 Å². The summed E-state index contributed by atoms with van der Waals surface area (Å²) in [6, 6.07) is 9.39. The molecule has 0 aliphatic rings. The first kappa shape index (κ1) is 11.2. The van der Waals surface area contributed by atoms with Gasteiger partial charge in [0, 0.05) is 0 Å². The average molecular weight is 193 g/mol. The maximum absolute atomic E-state index is 9.98. The molecule has 0 unspecified atom stereocenters. The minimum atomic E-state index is -0.523. The Hall–Kier alpha value is -0.860. The Balaban J connectivity index is 2.81. The molecule has 0 saturated heterocycles. The molecule has 0 amide bonds. The Morgan fingerprint density at radius 2 is 1.64 bits per heavy atom. The van der Waals surface area contributed by atoms with Crippen molar-refractivity contribution in [3.63, 3.8) is 0 Å². The van der Waals surface area contributed by atoms with Crippen molar-refractivity contribution < 1.29 is 5.11 Å². The number of benzene rings is 1. The van der Waals surface area contributed by atoms with E-state index in [0.717, 1.165) is 5.56 Å². The molecule has 14 heavy (non-hydrogen) atoms. The second kappa shape index (κ2) is 4.11. The maximum atomic E-state index is 9.98. The standard InChI is InChI=1S/C12H19NO/c1-12(2,3)11(14)10(13)9-7-5-4-6-8-9/h4-8,10-11,14H,13H2,1-3H3/t10-,11+/m0/s1. The van der Waals surface area contributed by atoms with Gasteiger partial charge >= 0.3 is 0 Å². The summed E-state index contributed by atoms with van der Waals surface area (Å²) in [6.07, 6.45) is -0.523. The van der Waals surface area contributed by atoms with Crippen LogP contribution < -0.4 is 5.73 Å². The Morgan fingerprint density at radius 3 is 2.07 bits per heavy atom. The zero-order valence-corrected chi connectivity index (χ0v) is 9.07. The molecule has 0 saturated carbocycles. The second-order valence-electron chi connectivity index (χ2n) is 4.75. The smallest absolute Gasteiger partial charge is 0.0780 e. The molecular formula is C12H19NO. The minimum Gasteiger partial charge on any atom is -0.391 e. The fourth-order valence-corrected chi connectivity index (χ4v) is 1.40. The zero-order chi connectivity index (χ0) is 10.8. The van der Waals surface area contributed by atoms with E-state index in [1.165, 1.54) is 0 Å². The van der Waals surface area contributed by atoms with Crippen LogP contribution in [0.15, 0.2) is 30.3 Å². The van der Waals surface area contributed by atoms with Gasteiger partial charge < -0.3 is 10.8 Å². The van der Waals surface area contributed by atoms with Crippen molar-refractivity contribution in [3.8, 4) is 0 Å². The molecule has 2 atom stereocenters. The first-order valence-corrected chi connectivity index (χ1v) is 4.91. The average Bonchev–Trinajstić information content (AvgIpc) is 2.15. The highest BCUT2D eigenvalue weighted by atomic mass is 16.3. The van der Waals surface area contributed by atoms with Crippen molar-refractivity contribution in [2.75, 3.05) is 0 Å². The summed E-state index contributed by atoms with van der Waals surface area (Å²) in [5.41, 5.74) is 6.77. The van der Waals surface area contributed by atoms with E-state index in [0.29, 0.717) is 0 Å². The molecule has 0 heterocycles. The van der Waals surface area contributed by atoms with Gasteiger partial charge in [-0.05, 0) is 11.0 Å². The Labute approximate surface area is 85.8 Å². The third kappa shape index (κ3) is 2.56. The number of aliphatic hydroxyl groups excluding tert-OH is 1. The highest BCUT2D eigenvalue weighted by molar-refractivity contribution is 5.20. The molecule has 2 nitrogen and oxygen atoms in total. The van der Waals surface area contributed by atoms with Crippen molar-refractivity contribution in [3.05, 3.63) is 35.9 Å². The number of hydrogen-bond acceptors (Lipinski definition) is 2. The molecular weight excluding hydrogens is 174 g/mol. The van der Waals surface area contributed by atoms with Crippen molar-refractivity contribution in [2.24, 2.45) is 11.1 Å². The second-order valence-corrected chi connectivity index (χ2v) is 4.75. The Bertz CT molecular complexity index is 276. The number of hydrogen-bond donors (Lipinski definition) is 2. The number of rotatable bonds is 2. The molecule has 0 spiro atoms. The Morgan fingerprint density at radius 1 is 1.14 bits per heavy atom. The summed E-state index contributed by atoms with van der Waals surface area (Å²) in [5, 5.41) is 9.98. The van der Waals surface area contributed by atoms with E-state index in [1.807, 2.05) is 51.1 Å². The predicted molar refractivity (Wildman–Crippen MR) is 58.8 cm³/mol. The topological polar surface area (TPSA) is 46.2 Å². The lowest BCUT2D eigenvalue weighted by Gasteiger charge is -2.30. The van der Waals surface area contributed by atoms with Gasteiger partial charge in [-0.2, -0.15) is 0 Å². The van der Waals surface area contributed by atoms with Crippen LogP contribution in [0, 0.1) is 5.41 Å². The third-order valence-corrected chi connectivity index (χ3v) is 2.41. The molecule has 0 bridgehead atoms. The number of aliphatic hydroxyl groups is 1. The van der Waals surface area contributed by atoms with Crippen molar-refractivity contribution in [1.29, 1.82) is 0 Å². The zero-order valence-electron chi connectivity index (χ0n) is 9.07. The van der Waals surface area contributed by atoms with Crippen molar-refractivity contribution in [1.82, 2.24) is 0 Å². The molecule has 0 aromatic heterocycles. The first-order chi connectivity index (χ1) is 6.43. The molecule has 3 N–H and O–H groups in total. The summed E-state index contributed by atoms with van der Waals surface area (Å²) in [7, 11) is 0. The van der Waals surface area contributed by atoms with Crippen LogP contribution in [0.25, 0.3) is 0 Å². The van der Waals surface area contributed by atoms with Gasteiger partial charge in [-0.25, -0.2) is 0 Å². The van der Waals surface area contributed by atoms with E-state index in [2.05, 4.69) is 0 Å². The van der Waals surface area contributed by atoms with Gasteiger partial charge in [0.1, 0.15) is 0 Å². The van der Waals surface area contributed by atoms with Crippen LogP contribution in [0.2, 0.25) is 0 Å².